The molecular weight excluding hydrogens is 630 g/mol. The topological polar surface area (TPSA) is 107 Å². The van der Waals surface area contributed by atoms with Gasteiger partial charge in [-0.1, -0.05) is 53.4 Å². The molecular formula is C38H60N4NaO4P. The number of benzene rings is 2. The van der Waals surface area contributed by atoms with Gasteiger partial charge in [0.25, 0.3) is 0 Å². The second-order valence-corrected chi connectivity index (χ2v) is 15.2. The zero-order chi connectivity index (χ0) is 35.5. The van der Waals surface area contributed by atoms with E-state index in [9.17, 15) is 9.36 Å². The Bertz CT molecular complexity index is 1310. The Morgan fingerprint density at radius 3 is 1.44 bits per heavy atom. The van der Waals surface area contributed by atoms with Gasteiger partial charge in [-0.3, -0.25) is 4.79 Å². The SMILES string of the molecule is CCCCN(CCCC)c1ccc(/C=C/C#N)c(OC)c1.CCCCN(CCCC)c1ccc(C=O)c(OC)c1.CP(C)(=O)CC#N.[H-].[Na+]. The van der Waals surface area contributed by atoms with Gasteiger partial charge in [-0.05, 0) is 69.4 Å². The maximum atomic E-state index is 10.9. The molecule has 0 saturated heterocycles. The van der Waals surface area contributed by atoms with Crippen LogP contribution in [0.25, 0.3) is 6.08 Å². The van der Waals surface area contributed by atoms with Gasteiger partial charge < -0.3 is 25.3 Å². The van der Waals surface area contributed by atoms with E-state index in [4.69, 9.17) is 20.0 Å². The molecule has 0 radical (unpaired) electrons. The van der Waals surface area contributed by atoms with Crippen molar-refractivity contribution in [3.63, 3.8) is 0 Å². The monoisotopic (exact) mass is 690 g/mol. The molecule has 0 unspecified atom stereocenters. The average Bonchev–Trinajstić information content (AvgIpc) is 3.07. The second-order valence-electron chi connectivity index (χ2n) is 11.7. The number of unbranched alkanes of at least 4 members (excludes halogenated alkanes) is 4. The molecule has 0 saturated carbocycles. The average molecular weight is 691 g/mol. The van der Waals surface area contributed by atoms with Gasteiger partial charge in [0.1, 0.15) is 11.5 Å². The molecule has 0 bridgehead atoms. The molecule has 0 spiro atoms. The Labute approximate surface area is 315 Å². The predicted molar refractivity (Wildman–Crippen MR) is 201 cm³/mol. The Hall–Kier alpha value is -2.74. The van der Waals surface area contributed by atoms with Gasteiger partial charge in [0.2, 0.25) is 0 Å². The zero-order valence-electron chi connectivity index (χ0n) is 32.3. The van der Waals surface area contributed by atoms with Gasteiger partial charge in [0, 0.05) is 61.3 Å². The van der Waals surface area contributed by atoms with Gasteiger partial charge in [0.15, 0.2) is 6.29 Å². The van der Waals surface area contributed by atoms with Crippen molar-refractivity contribution in [3.8, 4) is 23.6 Å². The first-order valence-corrected chi connectivity index (χ1v) is 19.7. The molecule has 0 heterocycles. The summed E-state index contributed by atoms with van der Waals surface area (Å²) in [6.07, 6.45) is 13.8. The van der Waals surface area contributed by atoms with Gasteiger partial charge in [-0.15, -0.1) is 0 Å². The molecule has 0 fully saturated rings. The summed E-state index contributed by atoms with van der Waals surface area (Å²) in [5.74, 6) is 1.47. The van der Waals surface area contributed by atoms with Crippen molar-refractivity contribution in [2.24, 2.45) is 0 Å². The van der Waals surface area contributed by atoms with Crippen molar-refractivity contribution in [1.29, 1.82) is 10.5 Å². The molecule has 8 nitrogen and oxygen atoms in total. The Morgan fingerprint density at radius 2 is 1.15 bits per heavy atom. The molecule has 0 N–H and O–H groups in total. The van der Waals surface area contributed by atoms with E-state index in [1.165, 1.54) is 63.1 Å². The maximum Gasteiger partial charge on any atom is 1.00 e. The van der Waals surface area contributed by atoms with E-state index >= 15 is 0 Å². The van der Waals surface area contributed by atoms with Crippen molar-refractivity contribution in [2.75, 3.05) is 69.7 Å². The molecule has 2 aromatic rings. The summed E-state index contributed by atoms with van der Waals surface area (Å²) in [5, 5.41) is 16.6. The first-order chi connectivity index (χ1) is 22.6. The summed E-state index contributed by atoms with van der Waals surface area (Å²) in [6.45, 7) is 16.3. The van der Waals surface area contributed by atoms with Crippen LogP contribution in [0.5, 0.6) is 11.5 Å². The standard InChI is InChI=1S/C18H26N2O.C16H25NO2.C4H8NOP.Na.H/c1-4-6-13-20(14-7-5-2)17-11-10-16(9-8-12-19)18(15-17)21-3;1-4-6-10-17(11-7-5-2)15-9-8-14(13-18)16(12-15)19-3;1-7(2,6)4-3-5;;/h8-11,15H,4-7,13-14H2,1-3H3;8-9,12-13H,4-7,10-11H2,1-3H3;4H2,1-2H3;;/q;;;+1;-1/b9-8+;;;;. The number of hydrogen-bond acceptors (Lipinski definition) is 8. The smallest absolute Gasteiger partial charge is 1.00 e. The Kier molecular flexibility index (Phi) is 28.8. The first kappa shape index (κ1) is 47.4. The molecule has 0 aliphatic heterocycles. The van der Waals surface area contributed by atoms with Gasteiger partial charge in [0.05, 0.1) is 45.2 Å². The normalized spacial score (nSPS) is 10.2. The number of hydrogen-bond donors (Lipinski definition) is 0. The molecule has 0 amide bonds. The van der Waals surface area contributed by atoms with Crippen LogP contribution in [0.4, 0.5) is 11.4 Å². The minimum atomic E-state index is -2.03. The Balaban J connectivity index is -0.000000702. The number of nitrogens with zero attached hydrogens (tertiary/aromatic N) is 4. The van der Waals surface area contributed by atoms with Crippen molar-refractivity contribution in [3.05, 3.63) is 53.6 Å². The van der Waals surface area contributed by atoms with Crippen LogP contribution in [0.15, 0.2) is 42.5 Å². The van der Waals surface area contributed by atoms with Crippen LogP contribution in [0.1, 0.15) is 96.4 Å². The molecule has 2 aromatic carbocycles. The summed E-state index contributed by atoms with van der Waals surface area (Å²) < 4.78 is 21.3. The fourth-order valence-corrected chi connectivity index (χ4v) is 4.80. The van der Waals surface area contributed by atoms with Crippen LogP contribution < -0.4 is 48.8 Å². The summed E-state index contributed by atoms with van der Waals surface area (Å²) in [6, 6.07) is 15.9. The maximum absolute atomic E-state index is 10.9. The zero-order valence-corrected chi connectivity index (χ0v) is 34.2. The van der Waals surface area contributed by atoms with Gasteiger partial charge >= 0.3 is 29.6 Å². The van der Waals surface area contributed by atoms with E-state index < -0.39 is 7.14 Å². The second kappa shape index (κ2) is 29.2. The number of allylic oxidation sites excluding steroid dienone is 1. The third kappa shape index (κ3) is 20.6. The van der Waals surface area contributed by atoms with E-state index in [0.717, 1.165) is 49.5 Å². The van der Waals surface area contributed by atoms with Crippen LogP contribution in [0.2, 0.25) is 0 Å². The number of anilines is 2. The molecule has 0 aliphatic carbocycles. The Morgan fingerprint density at radius 1 is 0.750 bits per heavy atom. The molecule has 0 atom stereocenters. The molecule has 0 aliphatic rings. The van der Waals surface area contributed by atoms with Crippen LogP contribution in [0, 0.1) is 22.7 Å². The fraction of sp³-hybridized carbons (Fsp3) is 0.553. The number of carbonyl (C=O) groups is 1. The summed E-state index contributed by atoms with van der Waals surface area (Å²) in [4.78, 5) is 15.7. The first-order valence-electron chi connectivity index (χ1n) is 16.9. The van der Waals surface area contributed by atoms with E-state index in [-0.39, 0.29) is 37.1 Å². The molecule has 2 rings (SSSR count). The third-order valence-electron chi connectivity index (χ3n) is 7.21. The number of methoxy groups -OCH3 is 2. The third-order valence-corrected chi connectivity index (χ3v) is 8.11. The van der Waals surface area contributed by atoms with Crippen LogP contribution in [-0.2, 0) is 4.57 Å². The quantitative estimate of drug-likeness (QED) is 0.0686. The van der Waals surface area contributed by atoms with Crippen LogP contribution >= 0.6 is 7.14 Å². The number of rotatable bonds is 19. The minimum absolute atomic E-state index is 0. The number of nitriles is 2. The summed E-state index contributed by atoms with van der Waals surface area (Å²) >= 11 is 0. The summed E-state index contributed by atoms with van der Waals surface area (Å²) in [7, 11) is 1.25. The molecule has 10 heteroatoms. The van der Waals surface area contributed by atoms with Gasteiger partial charge in [-0.25, -0.2) is 0 Å². The van der Waals surface area contributed by atoms with Crippen molar-refractivity contribution >= 4 is 30.9 Å². The van der Waals surface area contributed by atoms with Crippen LogP contribution in [-0.4, -0.2) is 66.2 Å². The number of aldehydes is 1. The van der Waals surface area contributed by atoms with Crippen LogP contribution in [0.3, 0.4) is 0 Å². The van der Waals surface area contributed by atoms with E-state index in [2.05, 4.69) is 49.6 Å². The van der Waals surface area contributed by atoms with Crippen molar-refractivity contribution in [1.82, 2.24) is 0 Å². The van der Waals surface area contributed by atoms with E-state index in [1.807, 2.05) is 36.4 Å². The largest absolute Gasteiger partial charge is 1.00 e. The number of carbonyl (C=O) groups excluding carboxylic acids is 1. The van der Waals surface area contributed by atoms with Gasteiger partial charge in [-0.2, -0.15) is 10.5 Å². The predicted octanol–water partition coefficient (Wildman–Crippen LogP) is 6.80. The van der Waals surface area contributed by atoms with E-state index in [0.29, 0.717) is 11.3 Å². The minimum Gasteiger partial charge on any atom is -1.00 e. The molecule has 48 heavy (non-hydrogen) atoms. The molecule has 0 aromatic heterocycles. The molecule has 262 valence electrons. The van der Waals surface area contributed by atoms with Crippen molar-refractivity contribution < 1.29 is 49.8 Å². The fourth-order valence-electron chi connectivity index (χ4n) is 4.46. The summed E-state index contributed by atoms with van der Waals surface area (Å²) in [5.41, 5.74) is 3.89. The van der Waals surface area contributed by atoms with E-state index in [1.54, 1.807) is 33.6 Å². The number of ether oxygens (including phenoxy) is 2. The van der Waals surface area contributed by atoms with Crippen molar-refractivity contribution in [2.45, 2.75) is 79.1 Å².